The number of imidazole rings is 2. The molecule has 5 aromatic rings. The van der Waals surface area contributed by atoms with Gasteiger partial charge in [-0.25, -0.2) is 23.9 Å². The van der Waals surface area contributed by atoms with E-state index in [-0.39, 0.29) is 23.1 Å². The number of nitrogens with zero attached hydrogens (tertiary/aromatic N) is 7. The molecule has 0 unspecified atom stereocenters. The van der Waals surface area contributed by atoms with Crippen molar-refractivity contribution >= 4 is 23.3 Å². The minimum absolute atomic E-state index is 0.0520. The molecule has 1 aromatic carbocycles. The molecule has 0 spiro atoms. The zero-order valence-corrected chi connectivity index (χ0v) is 20.8. The highest BCUT2D eigenvalue weighted by atomic mass is 19.1. The van der Waals surface area contributed by atoms with Crippen molar-refractivity contribution in [3.63, 3.8) is 0 Å². The molecule has 0 fully saturated rings. The highest BCUT2D eigenvalue weighted by Crippen LogP contribution is 2.34. The lowest BCUT2D eigenvalue weighted by Gasteiger charge is -2.28. The molecule has 0 radical (unpaired) electrons. The van der Waals surface area contributed by atoms with Gasteiger partial charge in [0, 0.05) is 42.9 Å². The molecule has 5 heterocycles. The molecule has 1 aliphatic rings. The third-order valence-corrected chi connectivity index (χ3v) is 6.54. The van der Waals surface area contributed by atoms with Crippen LogP contribution in [0.2, 0.25) is 0 Å². The van der Waals surface area contributed by atoms with Gasteiger partial charge in [-0.1, -0.05) is 6.92 Å². The minimum atomic E-state index is -0.757. The summed E-state index contributed by atoms with van der Waals surface area (Å²) >= 11 is 0. The SMILES string of the molecule is CCC(=O)N1CCn2c(nc(-c3ccc(F)cc3)c2-c2ccc3nc(NC(=O)c4ccnc(F)c4)cn3n2)C1. The summed E-state index contributed by atoms with van der Waals surface area (Å²) in [5, 5.41) is 7.38. The van der Waals surface area contributed by atoms with Crippen molar-refractivity contribution in [2.75, 3.05) is 11.9 Å². The summed E-state index contributed by atoms with van der Waals surface area (Å²) in [4.78, 5) is 39.4. The second-order valence-corrected chi connectivity index (χ2v) is 9.02. The molecular formula is C27H22F2N8O2. The van der Waals surface area contributed by atoms with Crippen molar-refractivity contribution in [2.24, 2.45) is 0 Å². The Balaban J connectivity index is 1.39. The lowest BCUT2D eigenvalue weighted by atomic mass is 10.1. The van der Waals surface area contributed by atoms with E-state index in [4.69, 9.17) is 10.1 Å². The monoisotopic (exact) mass is 528 g/mol. The number of fused-ring (bicyclic) bond motifs is 2. The van der Waals surface area contributed by atoms with Gasteiger partial charge in [0.15, 0.2) is 11.5 Å². The Morgan fingerprint density at radius 2 is 1.85 bits per heavy atom. The molecule has 0 saturated carbocycles. The average Bonchev–Trinajstić information content (AvgIpc) is 3.52. The third-order valence-electron chi connectivity index (χ3n) is 6.54. The number of pyridine rings is 1. The van der Waals surface area contributed by atoms with E-state index in [1.54, 1.807) is 35.4 Å². The molecule has 6 rings (SSSR count). The van der Waals surface area contributed by atoms with Gasteiger partial charge in [0.1, 0.15) is 17.3 Å². The Morgan fingerprint density at radius 1 is 1.03 bits per heavy atom. The van der Waals surface area contributed by atoms with Crippen LogP contribution in [-0.2, 0) is 17.9 Å². The number of aromatic nitrogens is 6. The summed E-state index contributed by atoms with van der Waals surface area (Å²) in [5.41, 5.74) is 3.24. The number of benzene rings is 1. The quantitative estimate of drug-likeness (QED) is 0.346. The van der Waals surface area contributed by atoms with Crippen LogP contribution in [0.1, 0.15) is 29.5 Å². The number of hydrogen-bond donors (Lipinski definition) is 1. The zero-order valence-electron chi connectivity index (χ0n) is 20.8. The first-order chi connectivity index (χ1) is 18.9. The molecule has 10 nitrogen and oxygen atoms in total. The number of rotatable bonds is 5. The molecule has 12 heteroatoms. The summed E-state index contributed by atoms with van der Waals surface area (Å²) in [6.07, 6.45) is 3.18. The smallest absolute Gasteiger partial charge is 0.257 e. The Hall–Kier alpha value is -5.00. The fraction of sp³-hybridized carbons (Fsp3) is 0.185. The van der Waals surface area contributed by atoms with Crippen molar-refractivity contribution in [3.8, 4) is 22.6 Å². The van der Waals surface area contributed by atoms with E-state index in [0.717, 1.165) is 11.8 Å². The van der Waals surface area contributed by atoms with Crippen LogP contribution in [0.3, 0.4) is 0 Å². The van der Waals surface area contributed by atoms with E-state index < -0.39 is 11.9 Å². The number of halogens is 2. The lowest BCUT2D eigenvalue weighted by Crippen LogP contribution is -2.38. The van der Waals surface area contributed by atoms with Crippen LogP contribution in [0.25, 0.3) is 28.3 Å². The van der Waals surface area contributed by atoms with E-state index in [9.17, 15) is 18.4 Å². The highest BCUT2D eigenvalue weighted by molar-refractivity contribution is 6.03. The van der Waals surface area contributed by atoms with Crippen LogP contribution in [0.15, 0.2) is 60.9 Å². The molecular weight excluding hydrogens is 506 g/mol. The predicted octanol–water partition coefficient (Wildman–Crippen LogP) is 3.94. The van der Waals surface area contributed by atoms with Gasteiger partial charge < -0.3 is 14.8 Å². The van der Waals surface area contributed by atoms with Gasteiger partial charge in [0.25, 0.3) is 5.91 Å². The Bertz CT molecular complexity index is 1730. The van der Waals surface area contributed by atoms with Crippen molar-refractivity contribution in [1.82, 2.24) is 34.0 Å². The first kappa shape index (κ1) is 24.3. The largest absolute Gasteiger partial charge is 0.333 e. The Labute approximate surface area is 220 Å². The van der Waals surface area contributed by atoms with Crippen molar-refractivity contribution in [3.05, 3.63) is 84.1 Å². The summed E-state index contributed by atoms with van der Waals surface area (Å²) in [6.45, 7) is 3.25. The van der Waals surface area contributed by atoms with Gasteiger partial charge in [-0.05, 0) is 42.5 Å². The molecule has 0 bridgehead atoms. The lowest BCUT2D eigenvalue weighted by molar-refractivity contribution is -0.132. The van der Waals surface area contributed by atoms with Gasteiger partial charge >= 0.3 is 0 Å². The molecule has 0 aliphatic carbocycles. The van der Waals surface area contributed by atoms with Gasteiger partial charge in [-0.3, -0.25) is 9.59 Å². The van der Waals surface area contributed by atoms with Crippen molar-refractivity contribution < 1.29 is 18.4 Å². The topological polar surface area (TPSA) is 110 Å². The van der Waals surface area contributed by atoms with Crippen LogP contribution in [-0.4, -0.2) is 52.4 Å². The average molecular weight is 529 g/mol. The van der Waals surface area contributed by atoms with E-state index >= 15 is 0 Å². The Kier molecular flexibility index (Phi) is 6.06. The number of hydrogen-bond acceptors (Lipinski definition) is 6. The number of amides is 2. The van der Waals surface area contributed by atoms with E-state index in [1.807, 2.05) is 11.5 Å². The minimum Gasteiger partial charge on any atom is -0.333 e. The van der Waals surface area contributed by atoms with Gasteiger partial charge in [0.05, 0.1) is 24.1 Å². The fourth-order valence-corrected chi connectivity index (χ4v) is 4.64. The third kappa shape index (κ3) is 4.60. The molecule has 1 N–H and O–H groups in total. The second-order valence-electron chi connectivity index (χ2n) is 9.02. The number of carbonyl (C=O) groups excluding carboxylic acids is 2. The molecule has 196 valence electrons. The summed E-state index contributed by atoms with van der Waals surface area (Å²) in [6, 6.07) is 12.1. The molecule has 4 aromatic heterocycles. The number of nitrogens with one attached hydrogen (secondary N) is 1. The predicted molar refractivity (Wildman–Crippen MR) is 137 cm³/mol. The van der Waals surface area contributed by atoms with Crippen LogP contribution < -0.4 is 5.32 Å². The highest BCUT2D eigenvalue weighted by Gasteiger charge is 2.28. The normalized spacial score (nSPS) is 12.9. The summed E-state index contributed by atoms with van der Waals surface area (Å²) < 4.78 is 30.7. The van der Waals surface area contributed by atoms with E-state index in [1.165, 1.54) is 28.9 Å². The van der Waals surface area contributed by atoms with Crippen LogP contribution in [0, 0.1) is 11.8 Å². The van der Waals surface area contributed by atoms with Crippen LogP contribution >= 0.6 is 0 Å². The Morgan fingerprint density at radius 3 is 2.62 bits per heavy atom. The molecule has 0 saturated heterocycles. The number of anilines is 1. The van der Waals surface area contributed by atoms with Gasteiger partial charge in [-0.2, -0.15) is 9.49 Å². The van der Waals surface area contributed by atoms with Crippen LogP contribution in [0.5, 0.6) is 0 Å². The maximum absolute atomic E-state index is 13.7. The van der Waals surface area contributed by atoms with Gasteiger partial charge in [0.2, 0.25) is 11.9 Å². The first-order valence-corrected chi connectivity index (χ1v) is 12.3. The fourth-order valence-electron chi connectivity index (χ4n) is 4.64. The van der Waals surface area contributed by atoms with E-state index in [2.05, 4.69) is 15.3 Å². The second kappa shape index (κ2) is 9.71. The van der Waals surface area contributed by atoms with Crippen molar-refractivity contribution in [2.45, 2.75) is 26.4 Å². The number of carbonyl (C=O) groups is 2. The van der Waals surface area contributed by atoms with Crippen molar-refractivity contribution in [1.29, 1.82) is 0 Å². The molecule has 1 aliphatic heterocycles. The standard InChI is InChI=1S/C27H22F2N8O2/c1-2-24(38)35-11-12-36-23(15-35)33-25(16-3-5-18(28)6-4-16)26(36)19-7-8-22-31-21(14-37(22)34-19)32-27(39)17-9-10-30-20(29)13-17/h3-10,13-14H,2,11-12,15H2,1H3,(H,32,39). The van der Waals surface area contributed by atoms with E-state index in [0.29, 0.717) is 54.5 Å². The molecule has 2 amide bonds. The van der Waals surface area contributed by atoms with Gasteiger partial charge in [-0.15, -0.1) is 0 Å². The summed E-state index contributed by atoms with van der Waals surface area (Å²) in [7, 11) is 0. The first-order valence-electron chi connectivity index (χ1n) is 12.3. The maximum atomic E-state index is 13.7. The summed E-state index contributed by atoms with van der Waals surface area (Å²) in [5.74, 6) is -0.642. The maximum Gasteiger partial charge on any atom is 0.257 e. The van der Waals surface area contributed by atoms with Crippen LogP contribution in [0.4, 0.5) is 14.6 Å². The molecule has 0 atom stereocenters. The molecule has 39 heavy (non-hydrogen) atoms. The zero-order chi connectivity index (χ0) is 27.1.